The van der Waals surface area contributed by atoms with Gasteiger partial charge in [-0.2, -0.15) is 0 Å². The summed E-state index contributed by atoms with van der Waals surface area (Å²) in [6.45, 7) is 2.23. The molecular formula is C18H34O2Sr. The topological polar surface area (TPSA) is 37.3 Å². The van der Waals surface area contributed by atoms with E-state index in [4.69, 9.17) is 5.11 Å². The fourth-order valence-electron chi connectivity index (χ4n) is 2.09. The third kappa shape index (κ3) is 22.8. The molecule has 0 radical (unpaired) electrons. The quantitative estimate of drug-likeness (QED) is 0.241. The molecule has 0 unspecified atom stereocenters. The van der Waals surface area contributed by atoms with Crippen molar-refractivity contribution in [1.29, 1.82) is 0 Å². The largest absolute Gasteiger partial charge is 2.00 e. The zero-order valence-electron chi connectivity index (χ0n) is 15.9. The summed E-state index contributed by atoms with van der Waals surface area (Å²) in [5.74, 6) is -0.671. The Balaban J connectivity index is -0.000000602. The van der Waals surface area contributed by atoms with Crippen molar-refractivity contribution in [3.8, 4) is 0 Å². The van der Waals surface area contributed by atoms with Gasteiger partial charge in [0.15, 0.2) is 0 Å². The Morgan fingerprint density at radius 3 is 1.95 bits per heavy atom. The second-order valence-corrected chi connectivity index (χ2v) is 5.37. The van der Waals surface area contributed by atoms with Crippen molar-refractivity contribution in [2.75, 3.05) is 0 Å². The van der Waals surface area contributed by atoms with Gasteiger partial charge in [0.05, 0.1) is 0 Å². The minimum absolute atomic E-state index is 0. The van der Waals surface area contributed by atoms with Crippen molar-refractivity contribution >= 4 is 51.5 Å². The molecule has 0 aliphatic rings. The summed E-state index contributed by atoms with van der Waals surface area (Å²) >= 11 is 0. The molecule has 0 amide bonds. The molecular weight excluding hydrogens is 336 g/mol. The number of carboxylic acid groups (broad SMARTS) is 1. The van der Waals surface area contributed by atoms with Gasteiger partial charge in [-0.3, -0.25) is 4.79 Å². The van der Waals surface area contributed by atoms with Crippen molar-refractivity contribution in [2.45, 2.75) is 84.0 Å². The van der Waals surface area contributed by atoms with Crippen LogP contribution in [-0.2, 0) is 4.79 Å². The number of carbonyl (C=O) groups is 1. The fourth-order valence-corrected chi connectivity index (χ4v) is 2.09. The summed E-state index contributed by atoms with van der Waals surface area (Å²) in [5.41, 5.74) is 0. The first-order chi connectivity index (χ1) is 9.77. The van der Waals surface area contributed by atoms with Crippen molar-refractivity contribution in [2.24, 2.45) is 0 Å². The van der Waals surface area contributed by atoms with Crippen LogP contribution in [0, 0.1) is 0 Å². The van der Waals surface area contributed by atoms with Gasteiger partial charge in [0.25, 0.3) is 0 Å². The molecule has 0 saturated heterocycles. The monoisotopic (exact) mass is 370 g/mol. The van der Waals surface area contributed by atoms with Crippen LogP contribution in [-0.4, -0.2) is 56.6 Å². The van der Waals surface area contributed by atoms with Crippen LogP contribution in [0.15, 0.2) is 24.3 Å². The van der Waals surface area contributed by atoms with Gasteiger partial charge in [-0.1, -0.05) is 63.3 Å². The maximum atomic E-state index is 10.3. The van der Waals surface area contributed by atoms with Crippen molar-refractivity contribution in [3.05, 3.63) is 24.3 Å². The Kier molecular flexibility index (Phi) is 23.1. The van der Waals surface area contributed by atoms with Crippen molar-refractivity contribution in [3.63, 3.8) is 0 Å². The van der Waals surface area contributed by atoms with Crippen LogP contribution in [0.5, 0.6) is 0 Å². The minimum atomic E-state index is -0.671. The average molecular weight is 370 g/mol. The van der Waals surface area contributed by atoms with Crippen LogP contribution >= 0.6 is 0 Å². The number of carboxylic acids is 1. The van der Waals surface area contributed by atoms with E-state index in [0.717, 1.165) is 25.7 Å². The van der Waals surface area contributed by atoms with Gasteiger partial charge in [0.2, 0.25) is 0 Å². The van der Waals surface area contributed by atoms with E-state index in [1.807, 2.05) is 0 Å². The molecule has 0 spiro atoms. The molecule has 0 atom stereocenters. The smallest absolute Gasteiger partial charge is 1.00 e. The zero-order valence-corrected chi connectivity index (χ0v) is 17.3. The molecule has 0 aromatic carbocycles. The summed E-state index contributed by atoms with van der Waals surface area (Å²) in [5, 5.41) is 8.50. The molecule has 0 rings (SSSR count). The van der Waals surface area contributed by atoms with Crippen LogP contribution in [0.2, 0.25) is 0 Å². The van der Waals surface area contributed by atoms with E-state index in [-0.39, 0.29) is 48.3 Å². The van der Waals surface area contributed by atoms with E-state index in [9.17, 15) is 4.79 Å². The summed E-state index contributed by atoms with van der Waals surface area (Å²) < 4.78 is 0. The molecule has 2 nitrogen and oxygen atoms in total. The number of allylic oxidation sites excluding steroid dienone is 4. The Labute approximate surface area is 171 Å². The van der Waals surface area contributed by atoms with E-state index >= 15 is 0 Å². The molecule has 1 N–H and O–H groups in total. The predicted octanol–water partition coefficient (Wildman–Crippen LogP) is 5.73. The number of hydrogen-bond acceptors (Lipinski definition) is 1. The number of rotatable bonds is 14. The van der Waals surface area contributed by atoms with Crippen LogP contribution < -0.4 is 0 Å². The molecule has 120 valence electrons. The predicted molar refractivity (Wildman–Crippen MR) is 95.0 cm³/mol. The van der Waals surface area contributed by atoms with Gasteiger partial charge in [-0.25, -0.2) is 0 Å². The Morgan fingerprint density at radius 2 is 1.38 bits per heavy atom. The Hall–Kier alpha value is 0.431. The van der Waals surface area contributed by atoms with Crippen LogP contribution in [0.3, 0.4) is 0 Å². The van der Waals surface area contributed by atoms with Gasteiger partial charge in [0.1, 0.15) is 0 Å². The van der Waals surface area contributed by atoms with Crippen molar-refractivity contribution < 1.29 is 12.8 Å². The molecule has 0 bridgehead atoms. The van der Waals surface area contributed by atoms with E-state index in [1.54, 1.807) is 0 Å². The molecule has 0 saturated carbocycles. The summed E-state index contributed by atoms with van der Waals surface area (Å²) in [6, 6.07) is 0. The third-order valence-electron chi connectivity index (χ3n) is 3.34. The van der Waals surface area contributed by atoms with Crippen LogP contribution in [0.4, 0.5) is 0 Å². The van der Waals surface area contributed by atoms with Gasteiger partial charge in [-0.15, -0.1) is 0 Å². The molecule has 0 aromatic heterocycles. The Bertz CT molecular complexity index is 282. The second-order valence-electron chi connectivity index (χ2n) is 5.37. The van der Waals surface area contributed by atoms with Gasteiger partial charge in [0, 0.05) is 6.42 Å². The fraction of sp³-hybridized carbons (Fsp3) is 0.722. The normalized spacial score (nSPS) is 11.1. The van der Waals surface area contributed by atoms with Crippen LogP contribution in [0.1, 0.15) is 86.8 Å². The first-order valence-corrected chi connectivity index (χ1v) is 8.29. The van der Waals surface area contributed by atoms with E-state index in [0.29, 0.717) is 6.42 Å². The number of hydrogen-bond donors (Lipinski definition) is 1. The first kappa shape index (κ1) is 23.7. The van der Waals surface area contributed by atoms with Crippen LogP contribution in [0.25, 0.3) is 0 Å². The maximum absolute atomic E-state index is 10.3. The van der Waals surface area contributed by atoms with E-state index in [2.05, 4.69) is 31.2 Å². The SMILES string of the molecule is CCCCC/C=C\C/C=C\CCCCCCCC(=O)O.[H-].[H-].[Sr+2]. The number of unbranched alkanes of at least 4 members (excludes halogenated alkanes) is 8. The van der Waals surface area contributed by atoms with E-state index in [1.165, 1.54) is 44.9 Å². The zero-order chi connectivity index (χ0) is 14.9. The molecule has 0 fully saturated rings. The Morgan fingerprint density at radius 1 is 0.857 bits per heavy atom. The van der Waals surface area contributed by atoms with Gasteiger partial charge >= 0.3 is 51.5 Å². The maximum Gasteiger partial charge on any atom is 2.00 e. The third-order valence-corrected chi connectivity index (χ3v) is 3.34. The van der Waals surface area contributed by atoms with Gasteiger partial charge in [-0.05, 0) is 38.5 Å². The molecule has 0 aromatic rings. The first-order valence-electron chi connectivity index (χ1n) is 8.29. The molecule has 21 heavy (non-hydrogen) atoms. The van der Waals surface area contributed by atoms with E-state index < -0.39 is 5.97 Å². The molecule has 0 aliphatic heterocycles. The average Bonchev–Trinajstić information content (AvgIpc) is 2.43. The molecule has 0 heterocycles. The summed E-state index contributed by atoms with van der Waals surface area (Å²) in [7, 11) is 0. The summed E-state index contributed by atoms with van der Waals surface area (Å²) in [4.78, 5) is 10.3. The molecule has 0 aliphatic carbocycles. The number of aliphatic carboxylic acids is 1. The standard InChI is InChI=1S/C18H32O2.Sr.2H/c1-2-3-4-5-6-7-8-9-10-11-12-13-14-15-16-17-18(19)20;;;/h6-7,9-10H,2-5,8,11-17H2,1H3,(H,19,20);;;/q;+2;2*-1/b7-6-,10-9-;;;. The molecule has 3 heteroatoms. The van der Waals surface area contributed by atoms with Crippen molar-refractivity contribution in [1.82, 2.24) is 0 Å². The second kappa shape index (κ2) is 20.4. The van der Waals surface area contributed by atoms with Gasteiger partial charge < -0.3 is 7.96 Å². The minimum Gasteiger partial charge on any atom is -1.00 e. The summed E-state index contributed by atoms with van der Waals surface area (Å²) in [6.07, 6.45) is 22.3.